The van der Waals surface area contributed by atoms with E-state index in [0.717, 1.165) is 30.8 Å². The first-order chi connectivity index (χ1) is 16.3. The number of aryl methyl sites for hydroxylation is 1. The van der Waals surface area contributed by atoms with Gasteiger partial charge in [0.15, 0.2) is 5.57 Å². The van der Waals surface area contributed by atoms with E-state index in [0.29, 0.717) is 18.8 Å². The van der Waals surface area contributed by atoms with E-state index in [-0.39, 0.29) is 11.5 Å². The molecule has 0 radical (unpaired) electrons. The largest absolute Gasteiger partial charge is 0.419 e. The van der Waals surface area contributed by atoms with Crippen LogP contribution < -0.4 is 10.2 Å². The first-order valence-corrected chi connectivity index (χ1v) is 11.4. The van der Waals surface area contributed by atoms with E-state index in [1.54, 1.807) is 0 Å². The van der Waals surface area contributed by atoms with Crippen molar-refractivity contribution in [2.75, 3.05) is 36.4 Å². The van der Waals surface area contributed by atoms with Crippen LogP contribution in [0.15, 0.2) is 60.3 Å². The Kier molecular flexibility index (Phi) is 6.58. The molecule has 2 aliphatic rings. The maximum absolute atomic E-state index is 12.8. The number of nitrogens with one attached hydrogen (secondary N) is 1. The third kappa shape index (κ3) is 5.22. The molecule has 2 aromatic carbocycles. The summed E-state index contributed by atoms with van der Waals surface area (Å²) in [4.78, 5) is 41.0. The Morgan fingerprint density at radius 3 is 2.09 bits per heavy atom. The van der Waals surface area contributed by atoms with Gasteiger partial charge in [-0.3, -0.25) is 4.79 Å². The van der Waals surface area contributed by atoms with Crippen LogP contribution in [0.2, 0.25) is 0 Å². The summed E-state index contributed by atoms with van der Waals surface area (Å²) in [7, 11) is 0. The number of piperazine rings is 1. The van der Waals surface area contributed by atoms with Crippen LogP contribution in [0.3, 0.4) is 0 Å². The lowest BCUT2D eigenvalue weighted by molar-refractivity contribution is -0.222. The second-order valence-corrected chi connectivity index (χ2v) is 8.76. The van der Waals surface area contributed by atoms with Gasteiger partial charge >= 0.3 is 11.9 Å². The van der Waals surface area contributed by atoms with Crippen LogP contribution >= 0.6 is 0 Å². The average Bonchev–Trinajstić information content (AvgIpc) is 2.83. The van der Waals surface area contributed by atoms with Crippen LogP contribution in [0.4, 0.5) is 11.4 Å². The molecule has 178 valence electrons. The second-order valence-electron chi connectivity index (χ2n) is 8.76. The van der Waals surface area contributed by atoms with Gasteiger partial charge in [0, 0.05) is 63.2 Å². The lowest BCUT2D eigenvalue weighted by atomic mass is 10.1. The molecule has 34 heavy (non-hydrogen) atoms. The van der Waals surface area contributed by atoms with Crippen molar-refractivity contribution >= 4 is 29.2 Å². The zero-order valence-electron chi connectivity index (χ0n) is 19.7. The van der Waals surface area contributed by atoms with Gasteiger partial charge in [0.1, 0.15) is 0 Å². The van der Waals surface area contributed by atoms with Crippen molar-refractivity contribution in [3.63, 3.8) is 0 Å². The quantitative estimate of drug-likeness (QED) is 0.413. The van der Waals surface area contributed by atoms with Crippen molar-refractivity contribution in [2.45, 2.75) is 33.0 Å². The number of carbonyl (C=O) groups is 3. The summed E-state index contributed by atoms with van der Waals surface area (Å²) in [6, 6.07) is 15.5. The smallest absolute Gasteiger partial charge is 0.350 e. The maximum Gasteiger partial charge on any atom is 0.350 e. The third-order valence-electron chi connectivity index (χ3n) is 5.91. The van der Waals surface area contributed by atoms with Gasteiger partial charge < -0.3 is 24.6 Å². The van der Waals surface area contributed by atoms with E-state index in [1.807, 2.05) is 53.4 Å². The van der Waals surface area contributed by atoms with Crippen molar-refractivity contribution in [1.82, 2.24) is 4.90 Å². The Bertz CT molecular complexity index is 1080. The maximum atomic E-state index is 12.8. The Hall–Kier alpha value is -3.81. The number of ether oxygens (including phenoxy) is 2. The lowest BCUT2D eigenvalue weighted by Crippen LogP contribution is -2.48. The molecule has 0 atom stereocenters. The predicted molar refractivity (Wildman–Crippen MR) is 128 cm³/mol. The highest BCUT2D eigenvalue weighted by Crippen LogP contribution is 2.24. The van der Waals surface area contributed by atoms with Gasteiger partial charge in [-0.2, -0.15) is 0 Å². The summed E-state index contributed by atoms with van der Waals surface area (Å²) in [5.41, 5.74) is 3.51. The van der Waals surface area contributed by atoms with Gasteiger partial charge in [0.2, 0.25) is 0 Å². The number of hydrogen-bond donors (Lipinski definition) is 1. The number of cyclic esters (lactones) is 2. The topological polar surface area (TPSA) is 88.2 Å². The monoisotopic (exact) mass is 463 g/mol. The minimum atomic E-state index is -1.26. The van der Waals surface area contributed by atoms with Crippen LogP contribution in [0.1, 0.15) is 36.7 Å². The number of hydrogen-bond acceptors (Lipinski definition) is 7. The molecule has 2 aromatic rings. The van der Waals surface area contributed by atoms with Crippen molar-refractivity contribution in [3.05, 3.63) is 71.4 Å². The highest BCUT2D eigenvalue weighted by atomic mass is 16.7. The van der Waals surface area contributed by atoms with Gasteiger partial charge in [0.25, 0.3) is 11.7 Å². The van der Waals surface area contributed by atoms with Crippen molar-refractivity contribution in [3.8, 4) is 0 Å². The van der Waals surface area contributed by atoms with E-state index in [2.05, 4.69) is 17.1 Å². The van der Waals surface area contributed by atoms with E-state index in [9.17, 15) is 14.4 Å². The summed E-state index contributed by atoms with van der Waals surface area (Å²) >= 11 is 0. The molecule has 8 nitrogen and oxygen atoms in total. The molecule has 0 unspecified atom stereocenters. The number of carbonyl (C=O) groups excluding carboxylic acids is 3. The molecule has 2 saturated heterocycles. The molecule has 1 N–H and O–H groups in total. The average molecular weight is 464 g/mol. The minimum absolute atomic E-state index is 0.0676. The summed E-state index contributed by atoms with van der Waals surface area (Å²) in [6.45, 7) is 7.89. The highest BCUT2D eigenvalue weighted by molar-refractivity contribution is 6.15. The number of anilines is 2. The van der Waals surface area contributed by atoms with Gasteiger partial charge in [0.05, 0.1) is 0 Å². The normalized spacial score (nSPS) is 17.7. The standard InChI is InChI=1S/C26H29N3O5/c1-4-18-5-7-19(8-6-18)23(30)29-15-13-28(14-16-29)21-11-9-20(10-12-21)27-17-22-24(31)33-26(2,3)34-25(22)32/h5-12,17,27H,4,13-16H2,1-3H3. The molecule has 1 amide bonds. The van der Waals surface area contributed by atoms with Crippen LogP contribution in [-0.2, 0) is 25.5 Å². The van der Waals surface area contributed by atoms with Crippen LogP contribution in [0.5, 0.6) is 0 Å². The third-order valence-corrected chi connectivity index (χ3v) is 5.91. The molecule has 4 rings (SSSR count). The molecule has 0 bridgehead atoms. The lowest BCUT2D eigenvalue weighted by Gasteiger charge is -2.36. The number of nitrogens with zero attached hydrogens (tertiary/aromatic N) is 2. The molecule has 0 saturated carbocycles. The van der Waals surface area contributed by atoms with E-state index in [4.69, 9.17) is 9.47 Å². The molecule has 0 spiro atoms. The number of rotatable bonds is 5. The van der Waals surface area contributed by atoms with Gasteiger partial charge in [-0.15, -0.1) is 0 Å². The van der Waals surface area contributed by atoms with Crippen molar-refractivity contribution in [1.29, 1.82) is 0 Å². The fourth-order valence-electron chi connectivity index (χ4n) is 3.94. The van der Waals surface area contributed by atoms with Crippen LogP contribution in [-0.4, -0.2) is 54.7 Å². The summed E-state index contributed by atoms with van der Waals surface area (Å²) in [6.07, 6.45) is 2.25. The van der Waals surface area contributed by atoms with Crippen LogP contribution in [0, 0.1) is 0 Å². The fraction of sp³-hybridized carbons (Fsp3) is 0.346. The minimum Gasteiger partial charge on any atom is -0.419 e. The molecule has 8 heteroatoms. The zero-order chi connectivity index (χ0) is 24.3. The van der Waals surface area contributed by atoms with Gasteiger partial charge in [-0.25, -0.2) is 9.59 Å². The molecule has 0 aromatic heterocycles. The highest BCUT2D eigenvalue weighted by Gasteiger charge is 2.38. The second kappa shape index (κ2) is 9.59. The van der Waals surface area contributed by atoms with Crippen molar-refractivity contribution in [2.24, 2.45) is 0 Å². The van der Waals surface area contributed by atoms with Gasteiger partial charge in [-0.1, -0.05) is 19.1 Å². The fourth-order valence-corrected chi connectivity index (χ4v) is 3.94. The molecule has 2 fully saturated rings. The molecule has 0 aliphatic carbocycles. The zero-order valence-corrected chi connectivity index (χ0v) is 19.7. The van der Waals surface area contributed by atoms with Gasteiger partial charge in [-0.05, 0) is 48.4 Å². The summed E-state index contributed by atoms with van der Waals surface area (Å²) < 4.78 is 10.2. The Morgan fingerprint density at radius 1 is 0.941 bits per heavy atom. The van der Waals surface area contributed by atoms with E-state index < -0.39 is 17.7 Å². The molecule has 2 aliphatic heterocycles. The first-order valence-electron chi connectivity index (χ1n) is 11.4. The Balaban J connectivity index is 1.32. The molecular formula is C26H29N3O5. The number of amides is 1. The Labute approximate surface area is 199 Å². The van der Waals surface area contributed by atoms with E-state index in [1.165, 1.54) is 25.6 Å². The number of benzene rings is 2. The first kappa shape index (κ1) is 23.4. The Morgan fingerprint density at radius 2 is 1.53 bits per heavy atom. The van der Waals surface area contributed by atoms with E-state index >= 15 is 0 Å². The summed E-state index contributed by atoms with van der Waals surface area (Å²) in [5, 5.41) is 2.95. The van der Waals surface area contributed by atoms with Crippen LogP contribution in [0.25, 0.3) is 0 Å². The molecular weight excluding hydrogens is 434 g/mol. The predicted octanol–water partition coefficient (Wildman–Crippen LogP) is 3.34. The summed E-state index contributed by atoms with van der Waals surface area (Å²) in [5.74, 6) is -2.64. The molecule has 2 heterocycles. The number of esters is 2. The SMILES string of the molecule is CCc1ccc(C(=O)N2CCN(c3ccc(NC=C4C(=O)OC(C)(C)OC4=O)cc3)CC2)cc1. The van der Waals surface area contributed by atoms with Crippen molar-refractivity contribution < 1.29 is 23.9 Å².